The summed E-state index contributed by atoms with van der Waals surface area (Å²) in [5, 5.41) is 8.48. The number of hydrogen-bond acceptors (Lipinski definition) is 5. The smallest absolute Gasteiger partial charge is 0.180 e. The molecular formula is C17H17N3OS. The normalized spacial score (nSPS) is 14.2. The Hall–Kier alpha value is -2.27. The van der Waals surface area contributed by atoms with Crippen molar-refractivity contribution >= 4 is 22.6 Å². The van der Waals surface area contributed by atoms with Crippen LogP contribution in [-0.2, 0) is 0 Å². The van der Waals surface area contributed by atoms with Crippen LogP contribution in [0.1, 0.15) is 6.42 Å². The highest BCUT2D eigenvalue weighted by molar-refractivity contribution is 8.14. The molecule has 0 atom stereocenters. The maximum atomic E-state index is 5.76. The maximum absolute atomic E-state index is 5.76. The molecular weight excluding hydrogens is 294 g/mol. The molecule has 0 aromatic heterocycles. The molecule has 0 spiro atoms. The molecule has 0 saturated carbocycles. The Labute approximate surface area is 134 Å². The van der Waals surface area contributed by atoms with E-state index in [1.54, 1.807) is 0 Å². The standard InChI is InChI=1S/C17H17N3OS/c18-17-20-19-15(12-22-17)10-11-21-16-8-6-14(7-9-16)13-4-2-1-3-5-13/h1-9H,10-12H2,(H2,18,20). The van der Waals surface area contributed by atoms with Crippen LogP contribution in [0, 0.1) is 0 Å². The first-order valence-electron chi connectivity index (χ1n) is 7.11. The van der Waals surface area contributed by atoms with Crippen LogP contribution in [0.4, 0.5) is 0 Å². The van der Waals surface area contributed by atoms with Crippen molar-refractivity contribution in [1.29, 1.82) is 0 Å². The van der Waals surface area contributed by atoms with Crippen molar-refractivity contribution in [3.05, 3.63) is 54.6 Å². The topological polar surface area (TPSA) is 60.0 Å². The van der Waals surface area contributed by atoms with E-state index in [1.807, 2.05) is 30.3 Å². The van der Waals surface area contributed by atoms with Gasteiger partial charge in [-0.3, -0.25) is 0 Å². The Kier molecular flexibility index (Phi) is 4.75. The molecule has 0 saturated heterocycles. The van der Waals surface area contributed by atoms with E-state index >= 15 is 0 Å². The second-order valence-corrected chi connectivity index (χ2v) is 5.88. The first-order chi connectivity index (χ1) is 10.8. The lowest BCUT2D eigenvalue weighted by atomic mass is 10.1. The van der Waals surface area contributed by atoms with Crippen LogP contribution in [0.2, 0.25) is 0 Å². The van der Waals surface area contributed by atoms with Gasteiger partial charge in [0.1, 0.15) is 5.75 Å². The number of thioether (sulfide) groups is 1. The van der Waals surface area contributed by atoms with Gasteiger partial charge in [0.05, 0.1) is 12.3 Å². The molecule has 2 aromatic carbocycles. The van der Waals surface area contributed by atoms with Gasteiger partial charge in [0, 0.05) is 12.2 Å². The summed E-state index contributed by atoms with van der Waals surface area (Å²) in [4.78, 5) is 0. The first kappa shape index (κ1) is 14.7. The number of benzene rings is 2. The monoisotopic (exact) mass is 311 g/mol. The highest BCUT2D eigenvalue weighted by atomic mass is 32.2. The third kappa shape index (κ3) is 3.89. The molecule has 1 aliphatic heterocycles. The summed E-state index contributed by atoms with van der Waals surface area (Å²) in [6, 6.07) is 18.4. The summed E-state index contributed by atoms with van der Waals surface area (Å²) >= 11 is 1.51. The van der Waals surface area contributed by atoms with E-state index in [0.29, 0.717) is 11.8 Å². The quantitative estimate of drug-likeness (QED) is 0.918. The van der Waals surface area contributed by atoms with Gasteiger partial charge in [-0.25, -0.2) is 0 Å². The molecule has 112 valence electrons. The number of rotatable bonds is 5. The van der Waals surface area contributed by atoms with Gasteiger partial charge < -0.3 is 10.5 Å². The lowest BCUT2D eigenvalue weighted by molar-refractivity contribution is 0.329. The average Bonchev–Trinajstić information content (AvgIpc) is 2.58. The van der Waals surface area contributed by atoms with E-state index in [2.05, 4.69) is 34.5 Å². The molecule has 1 heterocycles. The van der Waals surface area contributed by atoms with Gasteiger partial charge >= 0.3 is 0 Å². The Morgan fingerprint density at radius 3 is 2.36 bits per heavy atom. The van der Waals surface area contributed by atoms with Gasteiger partial charge in [-0.05, 0) is 23.3 Å². The molecule has 0 bridgehead atoms. The second-order valence-electron chi connectivity index (χ2n) is 4.88. The molecule has 5 heteroatoms. The molecule has 0 aliphatic carbocycles. The van der Waals surface area contributed by atoms with Crippen LogP contribution in [0.25, 0.3) is 11.1 Å². The summed E-state index contributed by atoms with van der Waals surface area (Å²) < 4.78 is 5.76. The second kappa shape index (κ2) is 7.13. The van der Waals surface area contributed by atoms with Crippen LogP contribution in [0.5, 0.6) is 5.75 Å². The fourth-order valence-electron chi connectivity index (χ4n) is 2.12. The molecule has 3 rings (SSSR count). The Morgan fingerprint density at radius 1 is 0.955 bits per heavy atom. The molecule has 1 aliphatic rings. The van der Waals surface area contributed by atoms with Crippen LogP contribution in [0.15, 0.2) is 64.8 Å². The van der Waals surface area contributed by atoms with Gasteiger partial charge in [0.15, 0.2) is 5.17 Å². The number of nitrogens with zero attached hydrogens (tertiary/aromatic N) is 2. The van der Waals surface area contributed by atoms with Gasteiger partial charge in [0.2, 0.25) is 0 Å². The first-order valence-corrected chi connectivity index (χ1v) is 8.10. The molecule has 0 radical (unpaired) electrons. The highest BCUT2D eigenvalue weighted by Gasteiger charge is 2.08. The zero-order valence-electron chi connectivity index (χ0n) is 12.1. The zero-order chi connectivity index (χ0) is 15.2. The van der Waals surface area contributed by atoms with Crippen molar-refractivity contribution in [2.75, 3.05) is 12.4 Å². The van der Waals surface area contributed by atoms with Crippen LogP contribution < -0.4 is 10.5 Å². The van der Waals surface area contributed by atoms with Gasteiger partial charge in [-0.2, -0.15) is 5.10 Å². The van der Waals surface area contributed by atoms with E-state index in [4.69, 9.17) is 10.5 Å². The van der Waals surface area contributed by atoms with E-state index < -0.39 is 0 Å². The molecule has 0 unspecified atom stereocenters. The third-order valence-corrected chi connectivity index (χ3v) is 4.15. The number of nitrogens with two attached hydrogens (primary N) is 1. The summed E-state index contributed by atoms with van der Waals surface area (Å²) in [6.07, 6.45) is 0.768. The van der Waals surface area contributed by atoms with Crippen LogP contribution in [0.3, 0.4) is 0 Å². The van der Waals surface area contributed by atoms with E-state index in [-0.39, 0.29) is 0 Å². The van der Waals surface area contributed by atoms with Gasteiger partial charge in [-0.1, -0.05) is 54.2 Å². The third-order valence-electron chi connectivity index (χ3n) is 3.30. The van der Waals surface area contributed by atoms with Crippen molar-refractivity contribution < 1.29 is 4.74 Å². The fourth-order valence-corrected chi connectivity index (χ4v) is 2.73. The summed E-state index contributed by atoms with van der Waals surface area (Å²) in [5.74, 6) is 1.66. The minimum absolute atomic E-state index is 0.529. The minimum Gasteiger partial charge on any atom is -0.493 e. The molecule has 0 fully saturated rings. The Bertz CT molecular complexity index is 681. The van der Waals surface area contributed by atoms with Crippen molar-refractivity contribution in [3.8, 4) is 16.9 Å². The van der Waals surface area contributed by atoms with E-state index in [1.165, 1.54) is 22.9 Å². The van der Waals surface area contributed by atoms with Crippen LogP contribution in [-0.4, -0.2) is 23.2 Å². The molecule has 2 aromatic rings. The predicted octanol–water partition coefficient (Wildman–Crippen LogP) is 3.54. The average molecular weight is 311 g/mol. The van der Waals surface area contributed by atoms with Crippen LogP contribution >= 0.6 is 11.8 Å². The molecule has 22 heavy (non-hydrogen) atoms. The summed E-state index contributed by atoms with van der Waals surface area (Å²) in [6.45, 7) is 0.597. The van der Waals surface area contributed by atoms with Crippen molar-refractivity contribution in [1.82, 2.24) is 0 Å². The Morgan fingerprint density at radius 2 is 1.68 bits per heavy atom. The minimum atomic E-state index is 0.529. The van der Waals surface area contributed by atoms with E-state index in [9.17, 15) is 0 Å². The molecule has 4 nitrogen and oxygen atoms in total. The number of ether oxygens (including phenoxy) is 1. The lowest BCUT2D eigenvalue weighted by Gasteiger charge is -2.10. The van der Waals surface area contributed by atoms with Crippen molar-refractivity contribution in [3.63, 3.8) is 0 Å². The van der Waals surface area contributed by atoms with Gasteiger partial charge in [-0.15, -0.1) is 5.10 Å². The van der Waals surface area contributed by atoms with Gasteiger partial charge in [0.25, 0.3) is 0 Å². The fraction of sp³-hybridized carbons (Fsp3) is 0.176. The maximum Gasteiger partial charge on any atom is 0.180 e. The largest absolute Gasteiger partial charge is 0.493 e. The number of amidine groups is 1. The highest BCUT2D eigenvalue weighted by Crippen LogP contribution is 2.22. The van der Waals surface area contributed by atoms with Crippen molar-refractivity contribution in [2.24, 2.45) is 15.9 Å². The van der Waals surface area contributed by atoms with Crippen molar-refractivity contribution in [2.45, 2.75) is 6.42 Å². The molecule has 0 amide bonds. The zero-order valence-corrected chi connectivity index (χ0v) is 12.9. The number of hydrogen-bond donors (Lipinski definition) is 1. The Balaban J connectivity index is 1.54. The summed E-state index contributed by atoms with van der Waals surface area (Å²) in [5.41, 5.74) is 8.96. The predicted molar refractivity (Wildman–Crippen MR) is 93.5 cm³/mol. The summed E-state index contributed by atoms with van der Waals surface area (Å²) in [7, 11) is 0. The lowest BCUT2D eigenvalue weighted by Crippen LogP contribution is -2.17. The molecule has 2 N–H and O–H groups in total. The SMILES string of the molecule is NC1=NN=C(CCOc2ccc(-c3ccccc3)cc2)CS1. The van der Waals surface area contributed by atoms with E-state index in [0.717, 1.165) is 23.6 Å².